The van der Waals surface area contributed by atoms with Gasteiger partial charge in [0.2, 0.25) is 0 Å². The molecular formula is C17H26ClIN4. The third-order valence-electron chi connectivity index (χ3n) is 3.83. The number of unbranched alkanes of at least 4 members (excludes halogenated alkanes) is 1. The Balaban J connectivity index is 0.00000264. The third kappa shape index (κ3) is 5.57. The molecule has 0 spiro atoms. The predicted molar refractivity (Wildman–Crippen MR) is 111 cm³/mol. The molecule has 0 radical (unpaired) electrons. The van der Waals surface area contributed by atoms with Gasteiger partial charge in [-0.1, -0.05) is 24.9 Å². The van der Waals surface area contributed by atoms with E-state index in [2.05, 4.69) is 40.4 Å². The zero-order chi connectivity index (χ0) is 15.9. The van der Waals surface area contributed by atoms with Gasteiger partial charge >= 0.3 is 0 Å². The van der Waals surface area contributed by atoms with E-state index < -0.39 is 0 Å². The molecule has 0 aliphatic carbocycles. The number of aromatic amines is 1. The Labute approximate surface area is 160 Å². The first kappa shape index (κ1) is 20.1. The number of fused-ring (bicyclic) bond motifs is 1. The van der Waals surface area contributed by atoms with E-state index in [1.165, 1.54) is 23.8 Å². The number of nitrogens with zero attached hydrogens (tertiary/aromatic N) is 2. The summed E-state index contributed by atoms with van der Waals surface area (Å²) in [4.78, 5) is 9.81. The molecule has 1 heterocycles. The van der Waals surface area contributed by atoms with Gasteiger partial charge in [-0.3, -0.25) is 4.99 Å². The average molecular weight is 449 g/mol. The lowest BCUT2D eigenvalue weighted by molar-refractivity contribution is 0.465. The molecule has 0 atom stereocenters. The number of hydrogen-bond acceptors (Lipinski definition) is 1. The topological polar surface area (TPSA) is 43.4 Å². The van der Waals surface area contributed by atoms with E-state index >= 15 is 0 Å². The van der Waals surface area contributed by atoms with Crippen LogP contribution in [0.2, 0.25) is 5.02 Å². The smallest absolute Gasteiger partial charge is 0.193 e. The van der Waals surface area contributed by atoms with E-state index in [-0.39, 0.29) is 24.0 Å². The van der Waals surface area contributed by atoms with Gasteiger partial charge < -0.3 is 15.2 Å². The second-order valence-electron chi connectivity index (χ2n) is 5.50. The van der Waals surface area contributed by atoms with Crippen molar-refractivity contribution in [1.82, 2.24) is 15.2 Å². The normalized spacial score (nSPS) is 11.4. The number of nitrogens with one attached hydrogen (secondary N) is 2. The standard InChI is InChI=1S/C17H25ClN4.HI/c1-4-5-10-22(3)17(19-2)20-9-8-13-12-21-16-7-6-14(18)11-15(13)16;/h6-7,11-12,21H,4-5,8-10H2,1-3H3,(H,19,20);1H. The number of benzene rings is 1. The highest BCUT2D eigenvalue weighted by Gasteiger charge is 2.07. The van der Waals surface area contributed by atoms with Crippen LogP contribution in [0, 0.1) is 0 Å². The second kappa shape index (κ2) is 10.0. The monoisotopic (exact) mass is 448 g/mol. The van der Waals surface area contributed by atoms with Crippen LogP contribution < -0.4 is 5.32 Å². The summed E-state index contributed by atoms with van der Waals surface area (Å²) in [5.41, 5.74) is 2.40. The Bertz CT molecular complexity index is 639. The van der Waals surface area contributed by atoms with Crippen LogP contribution >= 0.6 is 35.6 Å². The lowest BCUT2D eigenvalue weighted by atomic mass is 10.1. The van der Waals surface area contributed by atoms with Crippen LogP contribution in [-0.4, -0.2) is 43.0 Å². The summed E-state index contributed by atoms with van der Waals surface area (Å²) < 4.78 is 0. The van der Waals surface area contributed by atoms with Crippen LogP contribution in [0.3, 0.4) is 0 Å². The zero-order valence-electron chi connectivity index (χ0n) is 14.0. The fourth-order valence-corrected chi connectivity index (χ4v) is 2.72. The lowest BCUT2D eigenvalue weighted by Gasteiger charge is -2.21. The minimum Gasteiger partial charge on any atom is -0.361 e. The number of halogens is 2. The number of rotatable bonds is 6. The minimum atomic E-state index is 0. The van der Waals surface area contributed by atoms with E-state index in [1.54, 1.807) is 0 Å². The molecule has 6 heteroatoms. The largest absolute Gasteiger partial charge is 0.361 e. The van der Waals surface area contributed by atoms with Gasteiger partial charge in [0, 0.05) is 49.3 Å². The fourth-order valence-electron chi connectivity index (χ4n) is 2.55. The van der Waals surface area contributed by atoms with E-state index in [4.69, 9.17) is 11.6 Å². The molecule has 0 aliphatic rings. The summed E-state index contributed by atoms with van der Waals surface area (Å²) >= 11 is 6.09. The predicted octanol–water partition coefficient (Wildman–Crippen LogP) is 4.29. The molecule has 2 aromatic rings. The van der Waals surface area contributed by atoms with Crippen molar-refractivity contribution in [1.29, 1.82) is 0 Å². The van der Waals surface area contributed by atoms with Gasteiger partial charge in [-0.05, 0) is 36.6 Å². The van der Waals surface area contributed by atoms with Gasteiger partial charge in [-0.2, -0.15) is 0 Å². The number of H-pyrrole nitrogens is 1. The van der Waals surface area contributed by atoms with Gasteiger partial charge in [-0.15, -0.1) is 24.0 Å². The molecule has 2 N–H and O–H groups in total. The minimum absolute atomic E-state index is 0. The van der Waals surface area contributed by atoms with Gasteiger partial charge in [0.1, 0.15) is 0 Å². The summed E-state index contributed by atoms with van der Waals surface area (Å²) in [5.74, 6) is 0.950. The Morgan fingerprint density at radius 1 is 1.39 bits per heavy atom. The summed E-state index contributed by atoms with van der Waals surface area (Å²) in [7, 11) is 3.91. The van der Waals surface area contributed by atoms with Gasteiger partial charge in [0.15, 0.2) is 5.96 Å². The maximum atomic E-state index is 6.09. The highest BCUT2D eigenvalue weighted by Crippen LogP contribution is 2.22. The summed E-state index contributed by atoms with van der Waals surface area (Å²) in [6.45, 7) is 4.08. The van der Waals surface area contributed by atoms with Crippen molar-refractivity contribution < 1.29 is 0 Å². The van der Waals surface area contributed by atoms with Crippen molar-refractivity contribution in [2.24, 2.45) is 4.99 Å². The molecule has 0 unspecified atom stereocenters. The fraction of sp³-hybridized carbons (Fsp3) is 0.471. The molecule has 4 nitrogen and oxygen atoms in total. The van der Waals surface area contributed by atoms with Gasteiger partial charge in [0.25, 0.3) is 0 Å². The van der Waals surface area contributed by atoms with Crippen LogP contribution in [0.1, 0.15) is 25.3 Å². The lowest BCUT2D eigenvalue weighted by Crippen LogP contribution is -2.40. The van der Waals surface area contributed by atoms with Crippen molar-refractivity contribution in [3.05, 3.63) is 35.0 Å². The molecule has 0 fully saturated rings. The molecule has 128 valence electrons. The average Bonchev–Trinajstić information content (AvgIpc) is 2.91. The van der Waals surface area contributed by atoms with E-state index in [0.717, 1.165) is 36.0 Å². The molecule has 1 aromatic heterocycles. The molecule has 0 bridgehead atoms. The molecule has 0 saturated carbocycles. The van der Waals surface area contributed by atoms with Crippen molar-refractivity contribution in [3.63, 3.8) is 0 Å². The molecule has 1 aromatic carbocycles. The summed E-state index contributed by atoms with van der Waals surface area (Å²) in [6, 6.07) is 5.95. The van der Waals surface area contributed by atoms with Crippen LogP contribution in [0.25, 0.3) is 10.9 Å². The van der Waals surface area contributed by atoms with Gasteiger partial charge in [0.05, 0.1) is 0 Å². The van der Waals surface area contributed by atoms with E-state index in [9.17, 15) is 0 Å². The Morgan fingerprint density at radius 3 is 2.87 bits per heavy atom. The summed E-state index contributed by atoms with van der Waals surface area (Å²) in [6.07, 6.45) is 5.36. The molecule has 0 aliphatic heterocycles. The Kier molecular flexibility index (Phi) is 8.76. The van der Waals surface area contributed by atoms with Crippen molar-refractivity contribution in [3.8, 4) is 0 Å². The summed E-state index contributed by atoms with van der Waals surface area (Å²) in [5, 5.41) is 5.40. The SMILES string of the molecule is CCCCN(C)C(=NC)NCCc1c[nH]c2ccc(Cl)cc12.I. The molecular weight excluding hydrogens is 423 g/mol. The quantitative estimate of drug-likeness (QED) is 0.393. The van der Waals surface area contributed by atoms with Crippen molar-refractivity contribution in [2.45, 2.75) is 26.2 Å². The third-order valence-corrected chi connectivity index (χ3v) is 4.06. The first-order chi connectivity index (χ1) is 10.7. The van der Waals surface area contributed by atoms with Crippen LogP contribution in [0.4, 0.5) is 0 Å². The Morgan fingerprint density at radius 2 is 2.17 bits per heavy atom. The van der Waals surface area contributed by atoms with Crippen molar-refractivity contribution >= 4 is 52.4 Å². The maximum absolute atomic E-state index is 6.09. The number of aliphatic imine (C=N–C) groups is 1. The first-order valence-corrected chi connectivity index (χ1v) is 8.20. The first-order valence-electron chi connectivity index (χ1n) is 7.83. The molecule has 0 saturated heterocycles. The van der Waals surface area contributed by atoms with Crippen LogP contribution in [-0.2, 0) is 6.42 Å². The van der Waals surface area contributed by atoms with Crippen LogP contribution in [0.5, 0.6) is 0 Å². The highest BCUT2D eigenvalue weighted by molar-refractivity contribution is 14.0. The molecule has 0 amide bonds. The molecule has 23 heavy (non-hydrogen) atoms. The zero-order valence-corrected chi connectivity index (χ0v) is 17.1. The second-order valence-corrected chi connectivity index (χ2v) is 5.94. The number of aromatic nitrogens is 1. The van der Waals surface area contributed by atoms with Crippen molar-refractivity contribution in [2.75, 3.05) is 27.2 Å². The number of guanidine groups is 1. The molecule has 2 rings (SSSR count). The highest BCUT2D eigenvalue weighted by atomic mass is 127. The maximum Gasteiger partial charge on any atom is 0.193 e. The van der Waals surface area contributed by atoms with E-state index in [1.807, 2.05) is 25.2 Å². The number of hydrogen-bond donors (Lipinski definition) is 2. The van der Waals surface area contributed by atoms with E-state index in [0.29, 0.717) is 0 Å². The van der Waals surface area contributed by atoms with Gasteiger partial charge in [-0.25, -0.2) is 0 Å². The van der Waals surface area contributed by atoms with Crippen LogP contribution in [0.15, 0.2) is 29.4 Å². The Hall–Kier alpha value is -0.950.